The monoisotopic (exact) mass is 456 g/mol. The average Bonchev–Trinajstić information content (AvgIpc) is 3.31. The van der Waals surface area contributed by atoms with Crippen molar-refractivity contribution in [2.45, 2.75) is 37.6 Å². The Bertz CT molecular complexity index is 918. The molecule has 1 aliphatic carbocycles. The molecule has 170 valence electrons. The van der Waals surface area contributed by atoms with Crippen LogP contribution in [0.25, 0.3) is 0 Å². The Kier molecular flexibility index (Phi) is 7.45. The van der Waals surface area contributed by atoms with E-state index in [4.69, 9.17) is 21.1 Å². The zero-order valence-electron chi connectivity index (χ0n) is 18.1. The van der Waals surface area contributed by atoms with E-state index >= 15 is 0 Å². The van der Waals surface area contributed by atoms with Gasteiger partial charge in [0.05, 0.1) is 18.6 Å². The fourth-order valence-corrected chi connectivity index (χ4v) is 4.66. The van der Waals surface area contributed by atoms with Gasteiger partial charge in [0.1, 0.15) is 0 Å². The molecule has 0 spiro atoms. The van der Waals surface area contributed by atoms with E-state index in [0.29, 0.717) is 10.7 Å². The highest BCUT2D eigenvalue weighted by Gasteiger charge is 2.44. The molecular weight excluding hydrogens is 428 g/mol. The molecule has 2 aromatic rings. The number of anilines is 1. The molecule has 0 radical (unpaired) electrons. The molecular formula is C25H29ClN2O4. The van der Waals surface area contributed by atoms with Crippen LogP contribution in [0.5, 0.6) is 0 Å². The number of halogens is 1. The van der Waals surface area contributed by atoms with Gasteiger partial charge in [0, 0.05) is 30.3 Å². The number of amides is 1. The molecule has 1 N–H and O–H groups in total. The lowest BCUT2D eigenvalue weighted by molar-refractivity contribution is -0.153. The van der Waals surface area contributed by atoms with Crippen LogP contribution in [0.1, 0.15) is 36.8 Å². The van der Waals surface area contributed by atoms with Gasteiger partial charge in [-0.1, -0.05) is 48.7 Å². The Labute approximate surface area is 193 Å². The predicted molar refractivity (Wildman–Crippen MR) is 124 cm³/mol. The second-order valence-electron chi connectivity index (χ2n) is 8.51. The third-order valence-electron chi connectivity index (χ3n) is 6.33. The zero-order chi connectivity index (χ0) is 22.4. The summed E-state index contributed by atoms with van der Waals surface area (Å²) in [5.41, 5.74) is 2.08. The Morgan fingerprint density at radius 1 is 1.00 bits per heavy atom. The van der Waals surface area contributed by atoms with Crippen LogP contribution >= 0.6 is 11.6 Å². The standard InChI is InChI=1S/C25H29ClN2O4/c26-21-7-5-20(6-8-21)25(11-1-2-12-25)24(30)32-18-23(29)27-22-9-3-19(4-10-22)17-28-13-15-31-16-14-28/h3-10H,1-2,11-18H2,(H,27,29). The first-order valence-electron chi connectivity index (χ1n) is 11.2. The summed E-state index contributed by atoms with van der Waals surface area (Å²) in [5.74, 6) is -0.683. The molecule has 1 heterocycles. The SMILES string of the molecule is O=C(COC(=O)C1(c2ccc(Cl)cc2)CCCC1)Nc1ccc(CN2CCOCC2)cc1. The van der Waals surface area contributed by atoms with Crippen LogP contribution < -0.4 is 5.32 Å². The third kappa shape index (κ3) is 5.49. The number of morpholine rings is 1. The number of benzene rings is 2. The van der Waals surface area contributed by atoms with Crippen molar-refractivity contribution < 1.29 is 19.1 Å². The van der Waals surface area contributed by atoms with Crippen LogP contribution in [-0.2, 0) is 31.0 Å². The van der Waals surface area contributed by atoms with E-state index in [9.17, 15) is 9.59 Å². The molecule has 0 bridgehead atoms. The fourth-order valence-electron chi connectivity index (χ4n) is 4.54. The first-order valence-corrected chi connectivity index (χ1v) is 11.6. The minimum absolute atomic E-state index is 0.302. The number of esters is 1. The van der Waals surface area contributed by atoms with Gasteiger partial charge in [0.2, 0.25) is 0 Å². The Hall–Kier alpha value is -2.41. The molecule has 1 aliphatic heterocycles. The van der Waals surface area contributed by atoms with Crippen LogP contribution in [0.4, 0.5) is 5.69 Å². The summed E-state index contributed by atoms with van der Waals surface area (Å²) < 4.78 is 10.8. The molecule has 4 rings (SSSR count). The number of carbonyl (C=O) groups is 2. The second kappa shape index (κ2) is 10.5. The number of nitrogens with one attached hydrogen (secondary N) is 1. The zero-order valence-corrected chi connectivity index (χ0v) is 18.9. The van der Waals surface area contributed by atoms with Crippen LogP contribution in [0.15, 0.2) is 48.5 Å². The van der Waals surface area contributed by atoms with E-state index in [1.54, 1.807) is 12.1 Å². The van der Waals surface area contributed by atoms with Crippen molar-refractivity contribution in [1.29, 1.82) is 0 Å². The molecule has 0 atom stereocenters. The van der Waals surface area contributed by atoms with Crippen molar-refractivity contribution >= 4 is 29.2 Å². The van der Waals surface area contributed by atoms with Gasteiger partial charge >= 0.3 is 5.97 Å². The summed E-state index contributed by atoms with van der Waals surface area (Å²) in [7, 11) is 0. The normalized spacial score (nSPS) is 18.3. The van der Waals surface area contributed by atoms with Gasteiger partial charge in [-0.05, 0) is 48.2 Å². The summed E-state index contributed by atoms with van der Waals surface area (Å²) in [6.45, 7) is 3.97. The summed E-state index contributed by atoms with van der Waals surface area (Å²) in [6.07, 6.45) is 3.36. The van der Waals surface area contributed by atoms with Crippen molar-refractivity contribution in [3.05, 3.63) is 64.7 Å². The maximum atomic E-state index is 13.0. The van der Waals surface area contributed by atoms with Crippen LogP contribution in [0.2, 0.25) is 5.02 Å². The van der Waals surface area contributed by atoms with Crippen LogP contribution in [0, 0.1) is 0 Å². The number of carbonyl (C=O) groups excluding carboxylic acids is 2. The summed E-state index contributed by atoms with van der Waals surface area (Å²) >= 11 is 6.01. The van der Waals surface area contributed by atoms with Gasteiger partial charge in [-0.3, -0.25) is 14.5 Å². The molecule has 32 heavy (non-hydrogen) atoms. The van der Waals surface area contributed by atoms with E-state index in [0.717, 1.165) is 64.1 Å². The minimum atomic E-state index is -0.688. The number of hydrogen-bond donors (Lipinski definition) is 1. The van der Waals surface area contributed by atoms with Crippen molar-refractivity contribution in [1.82, 2.24) is 4.90 Å². The highest BCUT2D eigenvalue weighted by atomic mass is 35.5. The van der Waals surface area contributed by atoms with Crippen molar-refractivity contribution in [2.24, 2.45) is 0 Å². The van der Waals surface area contributed by atoms with Crippen LogP contribution in [0.3, 0.4) is 0 Å². The van der Waals surface area contributed by atoms with Gasteiger partial charge in [-0.25, -0.2) is 0 Å². The maximum absolute atomic E-state index is 13.0. The smallest absolute Gasteiger partial charge is 0.317 e. The van der Waals surface area contributed by atoms with Crippen molar-refractivity contribution in [2.75, 3.05) is 38.2 Å². The molecule has 7 heteroatoms. The quantitative estimate of drug-likeness (QED) is 0.633. The molecule has 2 fully saturated rings. The topological polar surface area (TPSA) is 67.9 Å². The van der Waals surface area contributed by atoms with E-state index in [1.807, 2.05) is 36.4 Å². The lowest BCUT2D eigenvalue weighted by Crippen LogP contribution is -2.36. The van der Waals surface area contributed by atoms with E-state index in [1.165, 1.54) is 5.56 Å². The van der Waals surface area contributed by atoms with Crippen molar-refractivity contribution in [3.8, 4) is 0 Å². The molecule has 1 saturated heterocycles. The molecule has 1 amide bonds. The third-order valence-corrected chi connectivity index (χ3v) is 6.58. The average molecular weight is 457 g/mol. The summed E-state index contributed by atoms with van der Waals surface area (Å²) in [4.78, 5) is 27.7. The van der Waals surface area contributed by atoms with Crippen LogP contribution in [-0.4, -0.2) is 49.7 Å². The highest BCUT2D eigenvalue weighted by molar-refractivity contribution is 6.30. The highest BCUT2D eigenvalue weighted by Crippen LogP contribution is 2.42. The van der Waals surface area contributed by atoms with E-state index < -0.39 is 5.41 Å². The lowest BCUT2D eigenvalue weighted by atomic mass is 9.79. The molecule has 2 aliphatic rings. The number of nitrogens with zero attached hydrogens (tertiary/aromatic N) is 1. The van der Waals surface area contributed by atoms with Gasteiger partial charge < -0.3 is 14.8 Å². The second-order valence-corrected chi connectivity index (χ2v) is 8.94. The molecule has 2 aromatic carbocycles. The summed E-state index contributed by atoms with van der Waals surface area (Å²) in [6, 6.07) is 15.1. The number of hydrogen-bond acceptors (Lipinski definition) is 5. The number of rotatable bonds is 7. The summed E-state index contributed by atoms with van der Waals surface area (Å²) in [5, 5.41) is 3.44. The van der Waals surface area contributed by atoms with E-state index in [2.05, 4.69) is 10.2 Å². The van der Waals surface area contributed by atoms with Gasteiger partial charge in [0.15, 0.2) is 6.61 Å². The van der Waals surface area contributed by atoms with Gasteiger partial charge in [-0.15, -0.1) is 0 Å². The first kappa shape index (κ1) is 22.8. The first-order chi connectivity index (χ1) is 15.5. The predicted octanol–water partition coefficient (Wildman–Crippen LogP) is 4.17. The van der Waals surface area contributed by atoms with Gasteiger partial charge in [0.25, 0.3) is 5.91 Å². The van der Waals surface area contributed by atoms with Gasteiger partial charge in [-0.2, -0.15) is 0 Å². The molecule has 0 unspecified atom stereocenters. The fraction of sp³-hybridized carbons (Fsp3) is 0.440. The Morgan fingerprint density at radius 2 is 1.66 bits per heavy atom. The van der Waals surface area contributed by atoms with Crippen molar-refractivity contribution in [3.63, 3.8) is 0 Å². The van der Waals surface area contributed by atoms with E-state index in [-0.39, 0.29) is 18.5 Å². The largest absolute Gasteiger partial charge is 0.455 e. The molecule has 0 aromatic heterocycles. The Morgan fingerprint density at radius 3 is 2.31 bits per heavy atom. The Balaban J connectivity index is 1.30. The molecule has 1 saturated carbocycles. The molecule has 6 nitrogen and oxygen atoms in total. The maximum Gasteiger partial charge on any atom is 0.317 e. The lowest BCUT2D eigenvalue weighted by Gasteiger charge is -2.27. The number of ether oxygens (including phenoxy) is 2. The minimum Gasteiger partial charge on any atom is -0.455 e.